The molecule has 0 amide bonds. The zero-order valence-electron chi connectivity index (χ0n) is 73.1. The van der Waals surface area contributed by atoms with E-state index in [1.54, 1.807) is 0 Å². The number of aryl methyl sites for hydroxylation is 2. The Morgan fingerprint density at radius 3 is 1.23 bits per heavy atom. The van der Waals surface area contributed by atoms with Crippen molar-refractivity contribution in [1.29, 1.82) is 0 Å². The Morgan fingerprint density at radius 2 is 0.672 bits per heavy atom. The fourth-order valence-corrected chi connectivity index (χ4v) is 22.7. The highest BCUT2D eigenvalue weighted by Gasteiger charge is 2.37. The van der Waals surface area contributed by atoms with E-state index in [4.69, 9.17) is 13.3 Å². The highest BCUT2D eigenvalue weighted by Crippen LogP contribution is 2.59. The van der Waals surface area contributed by atoms with Gasteiger partial charge in [-0.2, -0.15) is 0 Å². The highest BCUT2D eigenvalue weighted by molar-refractivity contribution is 9.11. The van der Waals surface area contributed by atoms with Crippen LogP contribution in [0.2, 0.25) is 0 Å². The van der Waals surface area contributed by atoms with Crippen LogP contribution >= 0.6 is 31.9 Å². The van der Waals surface area contributed by atoms with Crippen LogP contribution in [0.3, 0.4) is 0 Å². The van der Waals surface area contributed by atoms with Gasteiger partial charge in [0.05, 0.1) is 34.1 Å². The molecule has 7 heteroatoms. The van der Waals surface area contributed by atoms with E-state index in [0.29, 0.717) is 5.92 Å². The summed E-state index contributed by atoms with van der Waals surface area (Å²) in [5, 5.41) is 23.0. The lowest BCUT2D eigenvalue weighted by Crippen LogP contribution is -2.24. The summed E-state index contributed by atoms with van der Waals surface area (Å²) < 4.78 is 22.5. The molecular formula is C121H94Br2N2O3. The van der Waals surface area contributed by atoms with Gasteiger partial charge in [0, 0.05) is 68.5 Å². The van der Waals surface area contributed by atoms with E-state index in [2.05, 4.69) is 437 Å². The van der Waals surface area contributed by atoms with E-state index in [1.807, 2.05) is 12.1 Å². The van der Waals surface area contributed by atoms with Gasteiger partial charge < -0.3 is 23.1 Å². The Balaban J connectivity index is 0.000000145. The Labute approximate surface area is 762 Å². The molecule has 620 valence electrons. The number of hydrogen-bond acceptors (Lipinski definition) is 5. The van der Waals surface area contributed by atoms with E-state index in [9.17, 15) is 0 Å². The maximum atomic E-state index is 7.02. The number of hydrogen-bond donors (Lipinski definition) is 0. The van der Waals surface area contributed by atoms with Crippen molar-refractivity contribution in [3.63, 3.8) is 0 Å². The van der Waals surface area contributed by atoms with Crippen LogP contribution in [0.25, 0.3) is 164 Å². The minimum Gasteiger partial charge on any atom is -0.456 e. The van der Waals surface area contributed by atoms with Crippen LogP contribution in [0.1, 0.15) is 125 Å². The van der Waals surface area contributed by atoms with Gasteiger partial charge in [0.25, 0.3) is 0 Å². The molecule has 2 aliphatic carbocycles. The Bertz CT molecular complexity index is 8340. The first-order chi connectivity index (χ1) is 62.5. The summed E-state index contributed by atoms with van der Waals surface area (Å²) in [7, 11) is 0. The van der Waals surface area contributed by atoms with Crippen LogP contribution in [-0.4, -0.2) is 0 Å². The number of furan rings is 3. The number of halogens is 2. The second-order valence-electron chi connectivity index (χ2n) is 37.2. The minimum absolute atomic E-state index is 0.111. The van der Waals surface area contributed by atoms with Crippen LogP contribution in [0.4, 0.5) is 34.1 Å². The number of anilines is 6. The monoisotopic (exact) mass is 1780 g/mol. The lowest BCUT2D eigenvalue weighted by molar-refractivity contribution is 0.475. The van der Waals surface area contributed by atoms with E-state index >= 15 is 0 Å². The van der Waals surface area contributed by atoms with Gasteiger partial charge in [-0.1, -0.05) is 354 Å². The molecular weight excluding hydrogens is 1690 g/mol. The third-order valence-electron chi connectivity index (χ3n) is 28.0. The molecule has 3 aromatic heterocycles. The van der Waals surface area contributed by atoms with Gasteiger partial charge in [-0.3, -0.25) is 0 Å². The molecule has 20 aromatic carbocycles. The quantitative estimate of drug-likeness (QED) is 0.108. The summed E-state index contributed by atoms with van der Waals surface area (Å²) in [5.74, 6) is 0.710. The summed E-state index contributed by atoms with van der Waals surface area (Å²) in [6.07, 6.45) is 5.22. The molecule has 128 heavy (non-hydrogen) atoms. The molecule has 0 fully saturated rings. The molecule has 0 unspecified atom stereocenters. The second-order valence-corrected chi connectivity index (χ2v) is 38.9. The lowest BCUT2D eigenvalue weighted by atomic mass is 9.70. The first-order valence-electron chi connectivity index (χ1n) is 45.2. The highest BCUT2D eigenvalue weighted by atomic mass is 79.9. The summed E-state index contributed by atoms with van der Waals surface area (Å²) >= 11 is 7.77. The van der Waals surface area contributed by atoms with Gasteiger partial charge >= 0.3 is 0 Å². The Morgan fingerprint density at radius 1 is 0.281 bits per heavy atom. The zero-order valence-corrected chi connectivity index (χ0v) is 76.2. The summed E-state index contributed by atoms with van der Waals surface area (Å²) in [6, 6.07) is 128. The zero-order chi connectivity index (χ0) is 86.5. The van der Waals surface area contributed by atoms with Crippen LogP contribution in [0.15, 0.2) is 374 Å². The van der Waals surface area contributed by atoms with E-state index < -0.39 is 0 Å². The maximum Gasteiger partial charge on any atom is 0.159 e. The molecule has 0 atom stereocenters. The molecule has 0 bridgehead atoms. The van der Waals surface area contributed by atoms with E-state index in [-0.39, 0.29) is 16.7 Å². The standard InChI is InChI=1S/C72H54N2O2.C25H18O.C24H22Br2/c1-44(2)56-43-64(74(60-32-16-12-26-49(60)46-23-9-6-10-24-46)62-34-20-30-54-51-28-14-18-36-66(51)76-71(54)62)57-42-58-67-47(39-40-72(58,3)4)41-63(55-38-37-52(56)68(57)69(55)67)73(59-31-15-11-25-48(59)45-21-7-5-8-22-45)61-33-19-29-53-50-27-13-17-35-65(50)75-70(53)61;1-2-8-19(9-3-1)21-11-5-4-10-20(21)16-18-14-15-23-22-12-6-7-13-24(22)26-25(23)17-18;1-12(2)16-11-20(26)17-10-18-21-13(7-8-24(18,3)4)9-19(25)15-6-5-14(16)22(17)23(15)21/h5-38,41-44H,39-40H2,1-4H3;1-15,17H,16H2;5-6,9-12H,7-8H2,1-4H3. The van der Waals surface area contributed by atoms with Gasteiger partial charge in [0.15, 0.2) is 11.2 Å². The molecule has 23 aromatic rings. The molecule has 5 nitrogen and oxygen atoms in total. The number of rotatable bonds is 13. The van der Waals surface area contributed by atoms with E-state index in [0.717, 1.165) is 137 Å². The average Bonchev–Trinajstić information content (AvgIpc) is 0.772. The van der Waals surface area contributed by atoms with Crippen molar-refractivity contribution in [2.45, 2.75) is 110 Å². The van der Waals surface area contributed by atoms with Gasteiger partial charge in [0.2, 0.25) is 0 Å². The normalized spacial score (nSPS) is 13.6. The fourth-order valence-electron chi connectivity index (χ4n) is 21.6. The third-order valence-corrected chi connectivity index (χ3v) is 29.3. The fraction of sp³-hybridized carbons (Fsp3) is 0.140. The van der Waals surface area contributed by atoms with Crippen molar-refractivity contribution in [2.75, 3.05) is 9.80 Å². The SMILES string of the molecule is CC(C)c1cc(Br)c2cc3c4c(cc(Br)c5ccc1c2c54)CCC3(C)C.CC(C)c1cc(N(c2ccccc2-c2ccccc2)c2cccc3c2oc2ccccc23)c2cc3c4c(cc(N(c5ccccc5-c5ccccc5)c5cccc6c5oc5ccccc56)c5ccc1c2c54)CCC3(C)C.c1ccc(-c2ccccc2Cc2ccc3c(c2)oc2ccccc23)cc1. The third kappa shape index (κ3) is 13.0. The molecule has 0 aliphatic heterocycles. The smallest absolute Gasteiger partial charge is 0.159 e. The topological polar surface area (TPSA) is 45.9 Å². The molecule has 0 radical (unpaired) electrons. The second kappa shape index (κ2) is 31.2. The Kier molecular flexibility index (Phi) is 19.3. The first-order valence-corrected chi connectivity index (χ1v) is 46.7. The molecule has 3 heterocycles. The van der Waals surface area contributed by atoms with Crippen molar-refractivity contribution >= 4 is 196 Å². The number of nitrogens with zero attached hydrogens (tertiary/aromatic N) is 2. The van der Waals surface area contributed by atoms with Crippen molar-refractivity contribution in [2.24, 2.45) is 0 Å². The first kappa shape index (κ1) is 79.1. The van der Waals surface area contributed by atoms with Crippen molar-refractivity contribution in [1.82, 2.24) is 0 Å². The van der Waals surface area contributed by atoms with Gasteiger partial charge in [0.1, 0.15) is 22.3 Å². The van der Waals surface area contributed by atoms with Crippen molar-refractivity contribution in [3.05, 3.63) is 405 Å². The molecule has 0 spiro atoms. The van der Waals surface area contributed by atoms with Crippen LogP contribution in [0.5, 0.6) is 0 Å². The van der Waals surface area contributed by atoms with Crippen LogP contribution < -0.4 is 9.80 Å². The average molecular weight is 1780 g/mol. The van der Waals surface area contributed by atoms with E-state index in [1.165, 1.54) is 146 Å². The summed E-state index contributed by atoms with van der Waals surface area (Å²) in [4.78, 5) is 5.05. The minimum atomic E-state index is -0.111. The van der Waals surface area contributed by atoms with Gasteiger partial charge in [-0.15, -0.1) is 0 Å². The van der Waals surface area contributed by atoms with Crippen LogP contribution in [0, 0.1) is 0 Å². The van der Waals surface area contributed by atoms with Crippen LogP contribution in [-0.2, 0) is 30.1 Å². The predicted octanol–water partition coefficient (Wildman–Crippen LogP) is 36.3. The molecule has 0 N–H and O–H groups in total. The molecule has 0 saturated heterocycles. The molecule has 0 saturated carbocycles. The van der Waals surface area contributed by atoms with Crippen molar-refractivity contribution in [3.8, 4) is 33.4 Å². The molecule has 25 rings (SSSR count). The largest absolute Gasteiger partial charge is 0.456 e. The summed E-state index contributed by atoms with van der Waals surface area (Å²) in [6.45, 7) is 19.0. The Hall–Kier alpha value is -13.6. The predicted molar refractivity (Wildman–Crippen MR) is 550 cm³/mol. The number of fused-ring (bicyclic) bond motifs is 9. The van der Waals surface area contributed by atoms with Gasteiger partial charge in [-0.05, 0) is 255 Å². The maximum absolute atomic E-state index is 7.02. The number of para-hydroxylation sites is 7. The lowest BCUT2D eigenvalue weighted by Gasteiger charge is -2.37. The van der Waals surface area contributed by atoms with Gasteiger partial charge in [-0.25, -0.2) is 0 Å². The number of benzene rings is 20. The van der Waals surface area contributed by atoms with Crippen molar-refractivity contribution < 1.29 is 13.3 Å². The summed E-state index contributed by atoms with van der Waals surface area (Å²) in [5.41, 5.74) is 30.2. The molecule has 2 aliphatic rings.